The maximum Gasteiger partial charge on any atom is 0.192 e. The van der Waals surface area contributed by atoms with Gasteiger partial charge in [-0.1, -0.05) is 27.7 Å². The number of hydrogen-bond donors (Lipinski definition) is 0. The molecule has 0 bridgehead atoms. The third-order valence-corrected chi connectivity index (χ3v) is 8.03. The minimum atomic E-state index is -1.56. The molecule has 0 N–H and O–H groups in total. The molecule has 1 aliphatic heterocycles. The fourth-order valence-corrected chi connectivity index (χ4v) is 2.86. The van der Waals surface area contributed by atoms with E-state index in [1.807, 2.05) is 0 Å². The van der Waals surface area contributed by atoms with Gasteiger partial charge >= 0.3 is 18.7 Å². The Kier molecular flexibility index (Phi) is 6.81. The number of nitrogens with zero attached hydrogens (tertiary/aromatic N) is 1. The van der Waals surface area contributed by atoms with Crippen molar-refractivity contribution in [3.8, 4) is 0 Å². The minimum Gasteiger partial charge on any atom is -0.658 e. The van der Waals surface area contributed by atoms with Gasteiger partial charge in [0.2, 0.25) is 0 Å². The third-order valence-electron chi connectivity index (χ3n) is 3.49. The molecule has 0 aliphatic carbocycles. The van der Waals surface area contributed by atoms with Crippen LogP contribution in [-0.4, -0.2) is 34.2 Å². The molecular formula is C12H27BNO2Si-. The quantitative estimate of drug-likeness (QED) is 0.708. The first kappa shape index (κ1) is 17.0. The molecule has 0 aromatic carbocycles. The molecule has 1 heterocycles. The summed E-state index contributed by atoms with van der Waals surface area (Å²) >= 11 is 0. The van der Waals surface area contributed by atoms with E-state index in [2.05, 4.69) is 46.1 Å². The molecule has 0 unspecified atom stereocenters. The summed E-state index contributed by atoms with van der Waals surface area (Å²) in [6.07, 6.45) is 1.51. The molecule has 3 nitrogen and oxygen atoms in total. The minimum absolute atomic E-state index is 0.318. The molecule has 17 heavy (non-hydrogen) atoms. The summed E-state index contributed by atoms with van der Waals surface area (Å²) in [5.74, 6) is 0. The Morgan fingerprint density at radius 1 is 1.35 bits per heavy atom. The molecule has 0 radical (unpaired) electrons. The van der Waals surface area contributed by atoms with Gasteiger partial charge in [0.15, 0.2) is 8.32 Å². The van der Waals surface area contributed by atoms with Crippen LogP contribution in [0.5, 0.6) is 0 Å². The zero-order chi connectivity index (χ0) is 13.7. The second kappa shape index (κ2) is 6.81. The van der Waals surface area contributed by atoms with Gasteiger partial charge in [-0.05, 0) is 24.6 Å². The van der Waals surface area contributed by atoms with Crippen molar-refractivity contribution < 1.29 is 9.13 Å². The first-order valence-electron chi connectivity index (χ1n) is 6.38. The molecule has 5 heteroatoms. The van der Waals surface area contributed by atoms with Crippen LogP contribution in [0.3, 0.4) is 0 Å². The Balaban J connectivity index is 0.000000770. The van der Waals surface area contributed by atoms with E-state index in [-0.39, 0.29) is 0 Å². The van der Waals surface area contributed by atoms with Gasteiger partial charge in [-0.2, -0.15) is 0 Å². The fourth-order valence-electron chi connectivity index (χ4n) is 1.51. The molecule has 0 spiro atoms. The van der Waals surface area contributed by atoms with E-state index in [4.69, 9.17) is 9.13 Å². The van der Waals surface area contributed by atoms with Crippen molar-refractivity contribution in [1.82, 2.24) is 0 Å². The molecule has 1 fully saturated rings. The Hall–Kier alpha value is 0.00182. The number of hydrogen-bond acceptors (Lipinski definition) is 2. The normalized spacial score (nSPS) is 24.9. The van der Waals surface area contributed by atoms with Crippen molar-refractivity contribution in [3.05, 3.63) is 5.32 Å². The summed E-state index contributed by atoms with van der Waals surface area (Å²) in [5.41, 5.74) is 0. The molecule has 0 aromatic rings. The molecule has 0 aromatic heterocycles. The number of rotatable bonds is 2. The van der Waals surface area contributed by atoms with Gasteiger partial charge in [-0.25, -0.2) is 0 Å². The maximum absolute atomic E-state index is 8.81. The predicted octanol–water partition coefficient (Wildman–Crippen LogP) is 3.63. The second-order valence-corrected chi connectivity index (χ2v) is 10.9. The Morgan fingerprint density at radius 2 is 1.82 bits per heavy atom. The molecular weight excluding hydrogens is 229 g/mol. The van der Waals surface area contributed by atoms with Crippen molar-refractivity contribution in [2.45, 2.75) is 71.2 Å². The van der Waals surface area contributed by atoms with Crippen LogP contribution in [0, 0.1) is 0 Å². The summed E-state index contributed by atoms with van der Waals surface area (Å²) in [6.45, 7) is 16.0. The van der Waals surface area contributed by atoms with E-state index in [0.717, 1.165) is 20.1 Å². The molecule has 100 valence electrons. The molecule has 1 aliphatic rings. The first-order valence-corrected chi connectivity index (χ1v) is 9.29. The van der Waals surface area contributed by atoms with Crippen molar-refractivity contribution in [3.63, 3.8) is 0 Å². The van der Waals surface area contributed by atoms with Gasteiger partial charge in [0.1, 0.15) is 0 Å². The summed E-state index contributed by atoms with van der Waals surface area (Å²) < 4.78 is 15.1. The smallest absolute Gasteiger partial charge is 0.192 e. The Labute approximate surface area is 108 Å². The fraction of sp³-hybridized carbons (Fsp3) is 1.00. The van der Waals surface area contributed by atoms with E-state index in [9.17, 15) is 0 Å². The van der Waals surface area contributed by atoms with Crippen molar-refractivity contribution in [2.24, 2.45) is 0 Å². The molecule has 2 atom stereocenters. The van der Waals surface area contributed by atoms with Crippen LogP contribution >= 0.6 is 0 Å². The van der Waals surface area contributed by atoms with Gasteiger partial charge in [-0.3, -0.25) is 0 Å². The van der Waals surface area contributed by atoms with Gasteiger partial charge in [0, 0.05) is 6.10 Å². The summed E-state index contributed by atoms with van der Waals surface area (Å²) in [5, 5.41) is 4.80. The Morgan fingerprint density at radius 3 is 2.12 bits per heavy atom. The predicted molar refractivity (Wildman–Crippen MR) is 76.7 cm³/mol. The van der Waals surface area contributed by atoms with Crippen LogP contribution in [0.2, 0.25) is 25.0 Å². The van der Waals surface area contributed by atoms with Crippen LogP contribution in [0.15, 0.2) is 0 Å². The van der Waals surface area contributed by atoms with E-state index in [1.165, 1.54) is 6.82 Å². The van der Waals surface area contributed by atoms with E-state index >= 15 is 0 Å². The standard InChI is InChI=1S/C11H24NOSi.CH3BO/c1-9-7-10(8-12-9)13-14(5,6)11(2,3)4;1-2-3/h9-10H,7-8H2,1-6H3;1H3/q-1;/t9-,10+;/m1./s1. The van der Waals surface area contributed by atoms with Crippen LogP contribution in [0.25, 0.3) is 5.32 Å². The van der Waals surface area contributed by atoms with Gasteiger partial charge in [-0.15, -0.1) is 12.6 Å². The van der Waals surface area contributed by atoms with Crippen LogP contribution < -0.4 is 0 Å². The summed E-state index contributed by atoms with van der Waals surface area (Å²) in [7, 11) is -0.810. The molecule has 1 saturated heterocycles. The summed E-state index contributed by atoms with van der Waals surface area (Å²) in [4.78, 5) is 0. The van der Waals surface area contributed by atoms with Crippen LogP contribution in [-0.2, 0) is 9.13 Å². The summed E-state index contributed by atoms with van der Waals surface area (Å²) in [6, 6.07) is 0.504. The zero-order valence-electron chi connectivity index (χ0n) is 12.4. The van der Waals surface area contributed by atoms with Crippen LogP contribution in [0.4, 0.5) is 0 Å². The van der Waals surface area contributed by atoms with Crippen molar-refractivity contribution in [1.29, 1.82) is 0 Å². The second-order valence-electron chi connectivity index (χ2n) is 6.19. The van der Waals surface area contributed by atoms with E-state index in [0.29, 0.717) is 17.2 Å². The van der Waals surface area contributed by atoms with Gasteiger partial charge in [0.25, 0.3) is 0 Å². The molecule has 0 saturated carbocycles. The molecule has 1 rings (SSSR count). The van der Waals surface area contributed by atoms with Crippen molar-refractivity contribution in [2.75, 3.05) is 6.54 Å². The van der Waals surface area contributed by atoms with Gasteiger partial charge < -0.3 is 9.74 Å². The first-order chi connectivity index (χ1) is 7.64. The largest absolute Gasteiger partial charge is 0.658 e. The third kappa shape index (κ3) is 5.93. The topological polar surface area (TPSA) is 40.4 Å². The van der Waals surface area contributed by atoms with Crippen molar-refractivity contribution >= 4 is 15.5 Å². The van der Waals surface area contributed by atoms with Gasteiger partial charge in [0.05, 0.1) is 0 Å². The van der Waals surface area contributed by atoms with E-state index in [1.54, 1.807) is 0 Å². The maximum atomic E-state index is 8.81. The zero-order valence-corrected chi connectivity index (χ0v) is 13.4. The average Bonchev–Trinajstić information content (AvgIpc) is 2.49. The van der Waals surface area contributed by atoms with Crippen LogP contribution in [0.1, 0.15) is 34.1 Å². The SMILES string of the molecule is CB=O.C[C@@H]1C[C@H](O[Si](C)(C)C(C)(C)C)C[N-]1. The molecule has 0 amide bonds. The average molecular weight is 256 g/mol. The Bertz CT molecular complexity index is 241. The van der Waals surface area contributed by atoms with E-state index < -0.39 is 8.32 Å². The monoisotopic (exact) mass is 256 g/mol.